The zero-order valence-corrected chi connectivity index (χ0v) is 11.5. The van der Waals surface area contributed by atoms with Crippen molar-refractivity contribution >= 4 is 11.6 Å². The lowest BCUT2D eigenvalue weighted by Gasteiger charge is -2.25. The Morgan fingerprint density at radius 1 is 1.21 bits per heavy atom. The molecule has 1 aliphatic carbocycles. The van der Waals surface area contributed by atoms with Crippen LogP contribution in [0.25, 0.3) is 11.3 Å². The van der Waals surface area contributed by atoms with Gasteiger partial charge in [0, 0.05) is 16.6 Å². The molecule has 0 aliphatic heterocycles. The van der Waals surface area contributed by atoms with Crippen molar-refractivity contribution in [2.45, 2.75) is 38.1 Å². The van der Waals surface area contributed by atoms with E-state index in [9.17, 15) is 5.11 Å². The smallest absolute Gasteiger partial charge is 0.125 e. The third-order valence-electron chi connectivity index (χ3n) is 3.87. The van der Waals surface area contributed by atoms with Crippen LogP contribution in [0.5, 0.6) is 5.75 Å². The first-order chi connectivity index (χ1) is 9.25. The van der Waals surface area contributed by atoms with E-state index in [-0.39, 0.29) is 5.75 Å². The third-order valence-corrected chi connectivity index (χ3v) is 4.10. The zero-order chi connectivity index (χ0) is 13.2. The lowest BCUT2D eigenvalue weighted by molar-refractivity contribution is 0.355. The van der Waals surface area contributed by atoms with Gasteiger partial charge in [0.2, 0.25) is 0 Å². The van der Waals surface area contributed by atoms with Gasteiger partial charge in [-0.15, -0.1) is 0 Å². The average Bonchev–Trinajstić information content (AvgIpc) is 2.91. The van der Waals surface area contributed by atoms with E-state index in [1.165, 1.54) is 32.1 Å². The Bertz CT molecular complexity index is 573. The molecule has 2 aromatic rings. The minimum Gasteiger partial charge on any atom is -0.507 e. The summed E-state index contributed by atoms with van der Waals surface area (Å²) in [5, 5.41) is 10.7. The van der Waals surface area contributed by atoms with E-state index in [1.807, 2.05) is 6.33 Å². The standard InChI is InChI=1S/C15H17ClN2O/c16-11-6-7-15(19)13(8-11)14-9-17-10-18(14)12-4-2-1-3-5-12/h6-10,12,19H,1-5H2. The molecule has 0 atom stereocenters. The molecule has 1 aliphatic rings. The van der Waals surface area contributed by atoms with E-state index in [0.717, 1.165) is 11.3 Å². The van der Waals surface area contributed by atoms with E-state index in [0.29, 0.717) is 11.1 Å². The van der Waals surface area contributed by atoms with Crippen LogP contribution in [0.2, 0.25) is 5.02 Å². The molecule has 0 radical (unpaired) electrons. The van der Waals surface area contributed by atoms with Gasteiger partial charge in [-0.2, -0.15) is 0 Å². The lowest BCUT2D eigenvalue weighted by atomic mass is 9.95. The van der Waals surface area contributed by atoms with E-state index in [2.05, 4.69) is 9.55 Å². The maximum absolute atomic E-state index is 10.0. The van der Waals surface area contributed by atoms with Crippen molar-refractivity contribution in [1.82, 2.24) is 9.55 Å². The Morgan fingerprint density at radius 3 is 2.79 bits per heavy atom. The number of hydrogen-bond acceptors (Lipinski definition) is 2. The molecular weight excluding hydrogens is 260 g/mol. The van der Waals surface area contributed by atoms with Crippen LogP contribution in [0.15, 0.2) is 30.7 Å². The molecule has 100 valence electrons. The van der Waals surface area contributed by atoms with Gasteiger partial charge in [-0.05, 0) is 31.0 Å². The van der Waals surface area contributed by atoms with Crippen LogP contribution in [0, 0.1) is 0 Å². The zero-order valence-electron chi connectivity index (χ0n) is 10.7. The topological polar surface area (TPSA) is 38.1 Å². The summed E-state index contributed by atoms with van der Waals surface area (Å²) >= 11 is 6.03. The van der Waals surface area contributed by atoms with E-state index in [1.54, 1.807) is 24.4 Å². The predicted molar refractivity (Wildman–Crippen MR) is 76.5 cm³/mol. The second-order valence-corrected chi connectivity index (χ2v) is 5.58. The van der Waals surface area contributed by atoms with Gasteiger partial charge in [-0.1, -0.05) is 30.9 Å². The third kappa shape index (κ3) is 2.47. The number of halogens is 1. The summed E-state index contributed by atoms with van der Waals surface area (Å²) in [6, 6.07) is 5.62. The van der Waals surface area contributed by atoms with Crippen LogP contribution >= 0.6 is 11.6 Å². The molecular formula is C15H17ClN2O. The lowest BCUT2D eigenvalue weighted by Crippen LogP contribution is -2.12. The van der Waals surface area contributed by atoms with Crippen LogP contribution in [-0.2, 0) is 0 Å². The summed E-state index contributed by atoms with van der Waals surface area (Å²) in [5.41, 5.74) is 1.71. The molecule has 0 amide bonds. The van der Waals surface area contributed by atoms with Crippen molar-refractivity contribution in [3.05, 3.63) is 35.7 Å². The molecule has 3 rings (SSSR count). The second kappa shape index (κ2) is 5.25. The van der Waals surface area contributed by atoms with Crippen molar-refractivity contribution < 1.29 is 5.11 Å². The fraction of sp³-hybridized carbons (Fsp3) is 0.400. The Morgan fingerprint density at radius 2 is 2.00 bits per heavy atom. The molecule has 1 saturated carbocycles. The van der Waals surface area contributed by atoms with Crippen LogP contribution < -0.4 is 0 Å². The van der Waals surface area contributed by atoms with Gasteiger partial charge in [0.1, 0.15) is 5.75 Å². The summed E-state index contributed by atoms with van der Waals surface area (Å²) < 4.78 is 2.19. The highest BCUT2D eigenvalue weighted by atomic mass is 35.5. The van der Waals surface area contributed by atoms with E-state index in [4.69, 9.17) is 11.6 Å². The Labute approximate surface area is 117 Å². The Hall–Kier alpha value is -1.48. The molecule has 3 nitrogen and oxygen atoms in total. The molecule has 0 saturated heterocycles. The summed E-state index contributed by atoms with van der Waals surface area (Å²) in [6.07, 6.45) is 9.90. The van der Waals surface area contributed by atoms with Crippen molar-refractivity contribution in [2.75, 3.05) is 0 Å². The van der Waals surface area contributed by atoms with Gasteiger partial charge in [-0.3, -0.25) is 0 Å². The number of nitrogens with zero attached hydrogens (tertiary/aromatic N) is 2. The fourth-order valence-corrected chi connectivity index (χ4v) is 3.05. The molecule has 1 aromatic heterocycles. The molecule has 0 spiro atoms. The summed E-state index contributed by atoms with van der Waals surface area (Å²) in [4.78, 5) is 4.25. The first-order valence-electron chi connectivity index (χ1n) is 6.76. The molecule has 19 heavy (non-hydrogen) atoms. The maximum atomic E-state index is 10.0. The minimum atomic E-state index is 0.252. The Kier molecular flexibility index (Phi) is 3.47. The number of phenolic OH excluding ortho intramolecular Hbond substituents is 1. The van der Waals surface area contributed by atoms with Crippen molar-refractivity contribution in [2.24, 2.45) is 0 Å². The molecule has 1 heterocycles. The molecule has 1 fully saturated rings. The van der Waals surface area contributed by atoms with Crippen LogP contribution in [-0.4, -0.2) is 14.7 Å². The normalized spacial score (nSPS) is 16.7. The molecule has 0 bridgehead atoms. The highest BCUT2D eigenvalue weighted by Gasteiger charge is 2.19. The average molecular weight is 277 g/mol. The molecule has 1 aromatic carbocycles. The summed E-state index contributed by atoms with van der Waals surface area (Å²) in [5.74, 6) is 0.252. The fourth-order valence-electron chi connectivity index (χ4n) is 2.88. The SMILES string of the molecule is Oc1ccc(Cl)cc1-c1cncn1C1CCCCC1. The predicted octanol–water partition coefficient (Wildman–Crippen LogP) is 4.41. The van der Waals surface area contributed by atoms with E-state index < -0.39 is 0 Å². The first-order valence-corrected chi connectivity index (χ1v) is 7.14. The van der Waals surface area contributed by atoms with Gasteiger partial charge < -0.3 is 9.67 Å². The van der Waals surface area contributed by atoms with Gasteiger partial charge in [-0.25, -0.2) is 4.98 Å². The van der Waals surface area contributed by atoms with Gasteiger partial charge >= 0.3 is 0 Å². The number of benzene rings is 1. The van der Waals surface area contributed by atoms with Crippen molar-refractivity contribution in [3.63, 3.8) is 0 Å². The second-order valence-electron chi connectivity index (χ2n) is 5.14. The summed E-state index contributed by atoms with van der Waals surface area (Å²) in [6.45, 7) is 0. The van der Waals surface area contributed by atoms with Crippen molar-refractivity contribution in [1.29, 1.82) is 0 Å². The maximum Gasteiger partial charge on any atom is 0.125 e. The monoisotopic (exact) mass is 276 g/mol. The van der Waals surface area contributed by atoms with Gasteiger partial charge in [0.25, 0.3) is 0 Å². The molecule has 1 N–H and O–H groups in total. The first kappa shape index (κ1) is 12.5. The minimum absolute atomic E-state index is 0.252. The number of aromatic hydroxyl groups is 1. The molecule has 0 unspecified atom stereocenters. The summed E-state index contributed by atoms with van der Waals surface area (Å²) in [7, 11) is 0. The number of rotatable bonds is 2. The quantitative estimate of drug-likeness (QED) is 0.882. The van der Waals surface area contributed by atoms with Crippen LogP contribution in [0.3, 0.4) is 0 Å². The van der Waals surface area contributed by atoms with Gasteiger partial charge in [0.05, 0.1) is 18.2 Å². The highest BCUT2D eigenvalue weighted by molar-refractivity contribution is 6.30. The molecule has 4 heteroatoms. The number of imidazole rings is 1. The van der Waals surface area contributed by atoms with Gasteiger partial charge in [0.15, 0.2) is 0 Å². The number of phenols is 1. The van der Waals surface area contributed by atoms with Crippen LogP contribution in [0.1, 0.15) is 38.1 Å². The number of hydrogen-bond donors (Lipinski definition) is 1. The van der Waals surface area contributed by atoms with E-state index >= 15 is 0 Å². The van der Waals surface area contributed by atoms with Crippen molar-refractivity contribution in [3.8, 4) is 17.0 Å². The number of aromatic nitrogens is 2. The largest absolute Gasteiger partial charge is 0.507 e. The van der Waals surface area contributed by atoms with Crippen LogP contribution in [0.4, 0.5) is 0 Å². The Balaban J connectivity index is 2.01. The highest BCUT2D eigenvalue weighted by Crippen LogP contribution is 2.36.